The topological polar surface area (TPSA) is 81.7 Å². The summed E-state index contributed by atoms with van der Waals surface area (Å²) in [6.07, 6.45) is 4.29. The summed E-state index contributed by atoms with van der Waals surface area (Å²) in [6.45, 7) is 5.33. The van der Waals surface area contributed by atoms with Crippen LogP contribution in [-0.4, -0.2) is 55.2 Å². The minimum Gasteiger partial charge on any atom is -0.481 e. The number of carbonyl (C=O) groups excluding carboxylic acids is 1. The molecule has 1 fully saturated rings. The number of piperidine rings is 1. The van der Waals surface area contributed by atoms with Gasteiger partial charge in [0.15, 0.2) is 0 Å². The fourth-order valence-corrected chi connectivity index (χ4v) is 2.65. The maximum absolute atomic E-state index is 11.7. The van der Waals surface area contributed by atoms with Crippen LogP contribution >= 0.6 is 0 Å². The molecule has 1 heterocycles. The van der Waals surface area contributed by atoms with E-state index in [2.05, 4.69) is 22.6 Å². The molecule has 21 heavy (non-hydrogen) atoms. The van der Waals surface area contributed by atoms with Crippen LogP contribution in [0.5, 0.6) is 0 Å². The van der Waals surface area contributed by atoms with Gasteiger partial charge in [0.25, 0.3) is 0 Å². The lowest BCUT2D eigenvalue weighted by atomic mass is 9.94. The standard InChI is InChI=1S/C15H29N3O3/c1-3-12(10-14(19)20)11-17-15(21)16-7-4-13-5-8-18(2)9-6-13/h12-13H,3-11H2,1-2H3,(H,19,20)(H2,16,17,21). The van der Waals surface area contributed by atoms with E-state index in [0.717, 1.165) is 25.9 Å². The molecule has 6 heteroatoms. The molecule has 0 aliphatic carbocycles. The van der Waals surface area contributed by atoms with E-state index < -0.39 is 5.97 Å². The normalized spacial score (nSPS) is 18.2. The maximum atomic E-state index is 11.7. The van der Waals surface area contributed by atoms with Gasteiger partial charge in [-0.05, 0) is 51.2 Å². The molecule has 2 amide bonds. The van der Waals surface area contributed by atoms with E-state index in [4.69, 9.17) is 5.11 Å². The third-order valence-electron chi connectivity index (χ3n) is 4.27. The molecule has 1 unspecified atom stereocenters. The van der Waals surface area contributed by atoms with Gasteiger partial charge >= 0.3 is 12.0 Å². The van der Waals surface area contributed by atoms with Gasteiger partial charge in [-0.2, -0.15) is 0 Å². The largest absolute Gasteiger partial charge is 0.481 e. The first-order valence-corrected chi connectivity index (χ1v) is 7.93. The molecule has 122 valence electrons. The molecular weight excluding hydrogens is 270 g/mol. The number of carbonyl (C=O) groups is 2. The number of rotatable bonds is 8. The minimum atomic E-state index is -0.814. The molecule has 0 spiro atoms. The number of hydrogen-bond acceptors (Lipinski definition) is 3. The van der Waals surface area contributed by atoms with Crippen LogP contribution < -0.4 is 10.6 Å². The van der Waals surface area contributed by atoms with Crippen molar-refractivity contribution in [3.8, 4) is 0 Å². The van der Waals surface area contributed by atoms with Crippen molar-refractivity contribution in [2.45, 2.75) is 39.0 Å². The van der Waals surface area contributed by atoms with Crippen molar-refractivity contribution in [2.75, 3.05) is 33.2 Å². The molecule has 3 N–H and O–H groups in total. The number of aliphatic carboxylic acids is 1. The number of likely N-dealkylation sites (tertiary alicyclic amines) is 1. The summed E-state index contributed by atoms with van der Waals surface area (Å²) >= 11 is 0. The highest BCUT2D eigenvalue weighted by atomic mass is 16.4. The van der Waals surface area contributed by atoms with Gasteiger partial charge in [0.1, 0.15) is 0 Å². The molecule has 1 atom stereocenters. The van der Waals surface area contributed by atoms with Crippen molar-refractivity contribution in [1.82, 2.24) is 15.5 Å². The molecule has 1 aliphatic rings. The second-order valence-electron chi connectivity index (χ2n) is 6.04. The van der Waals surface area contributed by atoms with E-state index in [1.165, 1.54) is 12.8 Å². The maximum Gasteiger partial charge on any atom is 0.314 e. The Bertz CT molecular complexity index is 328. The fourth-order valence-electron chi connectivity index (χ4n) is 2.65. The number of carboxylic acids is 1. The zero-order chi connectivity index (χ0) is 15.7. The number of amides is 2. The zero-order valence-corrected chi connectivity index (χ0v) is 13.2. The Hall–Kier alpha value is -1.30. The van der Waals surface area contributed by atoms with Crippen LogP contribution in [0.15, 0.2) is 0 Å². The van der Waals surface area contributed by atoms with Crippen LogP contribution in [0.4, 0.5) is 4.79 Å². The summed E-state index contributed by atoms with van der Waals surface area (Å²) in [5.41, 5.74) is 0. The monoisotopic (exact) mass is 299 g/mol. The van der Waals surface area contributed by atoms with Gasteiger partial charge in [-0.3, -0.25) is 4.79 Å². The second kappa shape index (κ2) is 9.60. The lowest BCUT2D eigenvalue weighted by Crippen LogP contribution is -2.40. The van der Waals surface area contributed by atoms with Gasteiger partial charge in [-0.25, -0.2) is 4.79 Å². The average molecular weight is 299 g/mol. The molecule has 1 aliphatic heterocycles. The summed E-state index contributed by atoms with van der Waals surface area (Å²) in [5.74, 6) is -0.106. The van der Waals surface area contributed by atoms with Gasteiger partial charge in [0.2, 0.25) is 0 Å². The van der Waals surface area contributed by atoms with E-state index in [-0.39, 0.29) is 18.4 Å². The molecule has 0 saturated carbocycles. The van der Waals surface area contributed by atoms with Crippen LogP contribution in [0.2, 0.25) is 0 Å². The number of nitrogens with zero attached hydrogens (tertiary/aromatic N) is 1. The highest BCUT2D eigenvalue weighted by Gasteiger charge is 2.16. The van der Waals surface area contributed by atoms with Gasteiger partial charge in [0, 0.05) is 19.5 Å². The Balaban J connectivity index is 2.09. The smallest absolute Gasteiger partial charge is 0.314 e. The molecule has 0 radical (unpaired) electrons. The summed E-state index contributed by atoms with van der Waals surface area (Å²) in [6, 6.07) is -0.188. The van der Waals surface area contributed by atoms with Crippen molar-refractivity contribution in [3.63, 3.8) is 0 Å². The molecule has 0 aromatic carbocycles. The van der Waals surface area contributed by atoms with E-state index in [9.17, 15) is 9.59 Å². The van der Waals surface area contributed by atoms with E-state index >= 15 is 0 Å². The van der Waals surface area contributed by atoms with Crippen LogP contribution in [0.3, 0.4) is 0 Å². The van der Waals surface area contributed by atoms with Crippen molar-refractivity contribution >= 4 is 12.0 Å². The van der Waals surface area contributed by atoms with Gasteiger partial charge in [-0.15, -0.1) is 0 Å². The van der Waals surface area contributed by atoms with E-state index in [0.29, 0.717) is 19.0 Å². The lowest BCUT2D eigenvalue weighted by molar-refractivity contribution is -0.138. The molecule has 1 saturated heterocycles. The van der Waals surface area contributed by atoms with Crippen molar-refractivity contribution in [1.29, 1.82) is 0 Å². The van der Waals surface area contributed by atoms with Gasteiger partial charge in [0.05, 0.1) is 0 Å². The van der Waals surface area contributed by atoms with Crippen LogP contribution in [0, 0.1) is 11.8 Å². The van der Waals surface area contributed by atoms with Crippen LogP contribution in [0.1, 0.15) is 39.0 Å². The van der Waals surface area contributed by atoms with Crippen molar-refractivity contribution in [3.05, 3.63) is 0 Å². The Kier molecular flexibility index (Phi) is 8.12. The molecule has 0 aromatic rings. The van der Waals surface area contributed by atoms with Crippen molar-refractivity contribution < 1.29 is 14.7 Å². The Morgan fingerprint density at radius 2 is 1.95 bits per heavy atom. The third kappa shape index (κ3) is 7.90. The predicted molar refractivity (Wildman–Crippen MR) is 82.3 cm³/mol. The van der Waals surface area contributed by atoms with Gasteiger partial charge in [-0.1, -0.05) is 13.3 Å². The molecule has 0 bridgehead atoms. The van der Waals surface area contributed by atoms with E-state index in [1.807, 2.05) is 6.92 Å². The molecule has 6 nitrogen and oxygen atoms in total. The summed E-state index contributed by atoms with van der Waals surface area (Å²) < 4.78 is 0. The third-order valence-corrected chi connectivity index (χ3v) is 4.27. The Labute approximate surface area is 127 Å². The SMILES string of the molecule is CCC(CNC(=O)NCCC1CCN(C)CC1)CC(=O)O. The quantitative estimate of drug-likeness (QED) is 0.634. The predicted octanol–water partition coefficient (Wildman–Crippen LogP) is 1.52. The second-order valence-corrected chi connectivity index (χ2v) is 6.04. The summed E-state index contributed by atoms with van der Waals surface area (Å²) in [5, 5.41) is 14.4. The molecular formula is C15H29N3O3. The highest BCUT2D eigenvalue weighted by Crippen LogP contribution is 2.18. The number of hydrogen-bond donors (Lipinski definition) is 3. The zero-order valence-electron chi connectivity index (χ0n) is 13.2. The summed E-state index contributed by atoms with van der Waals surface area (Å²) in [4.78, 5) is 24.7. The lowest BCUT2D eigenvalue weighted by Gasteiger charge is -2.28. The first-order chi connectivity index (χ1) is 10.0. The van der Waals surface area contributed by atoms with Crippen LogP contribution in [0.25, 0.3) is 0 Å². The number of nitrogens with one attached hydrogen (secondary N) is 2. The van der Waals surface area contributed by atoms with Crippen molar-refractivity contribution in [2.24, 2.45) is 11.8 Å². The fraction of sp³-hybridized carbons (Fsp3) is 0.867. The number of carboxylic acid groups (broad SMARTS) is 1. The Morgan fingerprint density at radius 3 is 2.52 bits per heavy atom. The first-order valence-electron chi connectivity index (χ1n) is 7.93. The molecule has 1 rings (SSSR count). The average Bonchev–Trinajstić information content (AvgIpc) is 2.45. The van der Waals surface area contributed by atoms with Crippen LogP contribution in [-0.2, 0) is 4.79 Å². The summed E-state index contributed by atoms with van der Waals surface area (Å²) in [7, 11) is 2.14. The Morgan fingerprint density at radius 1 is 1.29 bits per heavy atom. The van der Waals surface area contributed by atoms with Gasteiger partial charge < -0.3 is 20.6 Å². The van der Waals surface area contributed by atoms with E-state index in [1.54, 1.807) is 0 Å². The highest BCUT2D eigenvalue weighted by molar-refractivity contribution is 5.74. The minimum absolute atomic E-state index is 0.00197. The number of urea groups is 1. The molecule has 0 aromatic heterocycles. The first kappa shape index (κ1) is 17.8.